The molecule has 0 saturated carbocycles. The lowest BCUT2D eigenvalue weighted by molar-refractivity contribution is 0.679. The van der Waals surface area contributed by atoms with E-state index in [-0.39, 0.29) is 6.04 Å². The van der Waals surface area contributed by atoms with Crippen LogP contribution in [0.3, 0.4) is 0 Å². The number of aryl methyl sites for hydroxylation is 3. The molecule has 5 heteroatoms. The van der Waals surface area contributed by atoms with E-state index >= 15 is 0 Å². The Morgan fingerprint density at radius 3 is 3.00 bits per heavy atom. The first-order valence-electron chi connectivity index (χ1n) is 5.51. The van der Waals surface area contributed by atoms with Gasteiger partial charge in [0.05, 0.1) is 23.4 Å². The van der Waals surface area contributed by atoms with Gasteiger partial charge in [-0.3, -0.25) is 5.10 Å². The van der Waals surface area contributed by atoms with Crippen molar-refractivity contribution in [2.24, 2.45) is 5.73 Å². The number of fused-ring (bicyclic) bond motifs is 1. The second kappa shape index (κ2) is 3.18. The highest BCUT2D eigenvalue weighted by Crippen LogP contribution is 2.34. The molecule has 1 aliphatic rings. The Kier molecular flexibility index (Phi) is 1.91. The number of aromatic nitrogens is 4. The third-order valence-corrected chi connectivity index (χ3v) is 3.28. The molecular weight excluding hydrogens is 202 g/mol. The molecule has 0 aliphatic carbocycles. The monoisotopic (exact) mass is 217 g/mol. The van der Waals surface area contributed by atoms with Gasteiger partial charge < -0.3 is 10.3 Å². The molecule has 3 rings (SSSR count). The lowest BCUT2D eigenvalue weighted by Gasteiger charge is -2.05. The normalized spacial score (nSPS) is 19.1. The Morgan fingerprint density at radius 1 is 1.50 bits per heavy atom. The van der Waals surface area contributed by atoms with E-state index in [0.717, 1.165) is 41.3 Å². The maximum absolute atomic E-state index is 6.11. The van der Waals surface area contributed by atoms with Gasteiger partial charge >= 0.3 is 0 Å². The van der Waals surface area contributed by atoms with Gasteiger partial charge in [0.25, 0.3) is 0 Å². The Hall–Kier alpha value is -1.62. The molecule has 1 atom stereocenters. The van der Waals surface area contributed by atoms with Crippen LogP contribution >= 0.6 is 0 Å². The van der Waals surface area contributed by atoms with Crippen LogP contribution in [0.5, 0.6) is 0 Å². The molecule has 84 valence electrons. The van der Waals surface area contributed by atoms with Crippen LogP contribution < -0.4 is 5.73 Å². The summed E-state index contributed by atoms with van der Waals surface area (Å²) in [6.45, 7) is 4.98. The molecule has 0 aromatic carbocycles. The van der Waals surface area contributed by atoms with Crippen molar-refractivity contribution in [3.05, 3.63) is 23.4 Å². The number of hydrogen-bond donors (Lipinski definition) is 2. The lowest BCUT2D eigenvalue weighted by Crippen LogP contribution is -2.07. The van der Waals surface area contributed by atoms with Gasteiger partial charge in [0.15, 0.2) is 0 Å². The van der Waals surface area contributed by atoms with Crippen molar-refractivity contribution in [2.75, 3.05) is 0 Å². The second-order valence-electron chi connectivity index (χ2n) is 4.38. The fourth-order valence-corrected chi connectivity index (χ4v) is 2.47. The van der Waals surface area contributed by atoms with Gasteiger partial charge in [-0.1, -0.05) is 0 Å². The molecule has 0 bridgehead atoms. The molecular formula is C11H15N5. The highest BCUT2D eigenvalue weighted by atomic mass is 15.1. The summed E-state index contributed by atoms with van der Waals surface area (Å²) in [6, 6.07) is 0.103. The minimum Gasteiger partial charge on any atom is -0.333 e. The van der Waals surface area contributed by atoms with Crippen LogP contribution in [-0.4, -0.2) is 19.7 Å². The zero-order valence-corrected chi connectivity index (χ0v) is 9.49. The minimum atomic E-state index is 0.103. The van der Waals surface area contributed by atoms with E-state index in [2.05, 4.69) is 19.7 Å². The van der Waals surface area contributed by atoms with E-state index in [1.54, 1.807) is 0 Å². The van der Waals surface area contributed by atoms with Crippen LogP contribution in [0.1, 0.15) is 29.5 Å². The number of nitrogens with two attached hydrogens (primary N) is 1. The van der Waals surface area contributed by atoms with Gasteiger partial charge in [-0.05, 0) is 20.3 Å². The van der Waals surface area contributed by atoms with Crippen LogP contribution in [0.15, 0.2) is 6.33 Å². The maximum atomic E-state index is 6.11. The molecule has 0 radical (unpaired) electrons. The van der Waals surface area contributed by atoms with Crippen molar-refractivity contribution in [1.82, 2.24) is 19.7 Å². The van der Waals surface area contributed by atoms with E-state index in [4.69, 9.17) is 5.73 Å². The van der Waals surface area contributed by atoms with Crippen molar-refractivity contribution in [2.45, 2.75) is 32.9 Å². The third-order valence-electron chi connectivity index (χ3n) is 3.28. The lowest BCUT2D eigenvalue weighted by atomic mass is 10.1. The molecule has 0 saturated heterocycles. The van der Waals surface area contributed by atoms with Gasteiger partial charge in [0, 0.05) is 23.8 Å². The largest absolute Gasteiger partial charge is 0.333 e. The summed E-state index contributed by atoms with van der Waals surface area (Å²) in [4.78, 5) is 4.48. The van der Waals surface area contributed by atoms with Crippen molar-refractivity contribution < 1.29 is 0 Å². The first-order chi connectivity index (χ1) is 7.68. The van der Waals surface area contributed by atoms with Crippen molar-refractivity contribution in [3.8, 4) is 11.3 Å². The van der Waals surface area contributed by atoms with Gasteiger partial charge in [-0.25, -0.2) is 4.98 Å². The standard InChI is InChI=1S/C11H15N5/c1-6-9(7(2)15-14-6)10-11-8(12)3-4-16(11)5-13-10/h5,8H,3-4,12H2,1-2H3,(H,14,15). The van der Waals surface area contributed by atoms with Crippen LogP contribution in [0.25, 0.3) is 11.3 Å². The quantitative estimate of drug-likeness (QED) is 0.756. The number of rotatable bonds is 1. The van der Waals surface area contributed by atoms with E-state index in [0.29, 0.717) is 0 Å². The molecule has 2 aromatic heterocycles. The molecule has 1 unspecified atom stereocenters. The number of nitrogens with one attached hydrogen (secondary N) is 1. The highest BCUT2D eigenvalue weighted by molar-refractivity contribution is 5.67. The molecule has 2 aromatic rings. The summed E-state index contributed by atoms with van der Waals surface area (Å²) in [7, 11) is 0. The Balaban J connectivity index is 2.22. The Bertz CT molecular complexity index is 517. The number of imidazole rings is 1. The molecule has 5 nitrogen and oxygen atoms in total. The van der Waals surface area contributed by atoms with Gasteiger partial charge in [-0.2, -0.15) is 5.10 Å². The summed E-state index contributed by atoms with van der Waals surface area (Å²) < 4.78 is 2.14. The fraction of sp³-hybridized carbons (Fsp3) is 0.455. The topological polar surface area (TPSA) is 72.5 Å². The number of H-pyrrole nitrogens is 1. The fourth-order valence-electron chi connectivity index (χ4n) is 2.47. The third kappa shape index (κ3) is 1.15. The summed E-state index contributed by atoms with van der Waals surface area (Å²) in [6.07, 6.45) is 2.88. The summed E-state index contributed by atoms with van der Waals surface area (Å²) >= 11 is 0. The van der Waals surface area contributed by atoms with Crippen LogP contribution in [-0.2, 0) is 6.54 Å². The van der Waals surface area contributed by atoms with Crippen LogP contribution in [0.4, 0.5) is 0 Å². The average Bonchev–Trinajstić information content (AvgIpc) is 2.88. The molecule has 1 aliphatic heterocycles. The SMILES string of the molecule is Cc1n[nH]c(C)c1-c1ncn2c1C(N)CC2. The van der Waals surface area contributed by atoms with Crippen molar-refractivity contribution in [3.63, 3.8) is 0 Å². The maximum Gasteiger partial charge on any atom is 0.0967 e. The average molecular weight is 217 g/mol. The van der Waals surface area contributed by atoms with Crippen LogP contribution in [0, 0.1) is 13.8 Å². The summed E-state index contributed by atoms with van der Waals surface area (Å²) in [5.74, 6) is 0. The number of hydrogen-bond acceptors (Lipinski definition) is 3. The predicted molar refractivity (Wildman–Crippen MR) is 60.8 cm³/mol. The number of nitrogens with zero attached hydrogens (tertiary/aromatic N) is 3. The molecule has 0 amide bonds. The van der Waals surface area contributed by atoms with Gasteiger partial charge in [0.2, 0.25) is 0 Å². The highest BCUT2D eigenvalue weighted by Gasteiger charge is 2.26. The molecule has 16 heavy (non-hydrogen) atoms. The van der Waals surface area contributed by atoms with E-state index in [9.17, 15) is 0 Å². The predicted octanol–water partition coefficient (Wildman–Crippen LogP) is 1.29. The smallest absolute Gasteiger partial charge is 0.0967 e. The molecule has 3 N–H and O–H groups in total. The number of aromatic amines is 1. The Morgan fingerprint density at radius 2 is 2.31 bits per heavy atom. The first-order valence-corrected chi connectivity index (χ1v) is 5.51. The Labute approximate surface area is 93.7 Å². The van der Waals surface area contributed by atoms with E-state index in [1.165, 1.54) is 0 Å². The first kappa shape index (κ1) is 9.59. The molecule has 0 spiro atoms. The van der Waals surface area contributed by atoms with Crippen molar-refractivity contribution in [1.29, 1.82) is 0 Å². The summed E-state index contributed by atoms with van der Waals surface area (Å²) in [5.41, 5.74) is 11.4. The van der Waals surface area contributed by atoms with Crippen LogP contribution in [0.2, 0.25) is 0 Å². The zero-order valence-electron chi connectivity index (χ0n) is 9.49. The minimum absolute atomic E-state index is 0.103. The van der Waals surface area contributed by atoms with Crippen molar-refractivity contribution >= 4 is 0 Å². The van der Waals surface area contributed by atoms with E-state index in [1.807, 2.05) is 20.2 Å². The summed E-state index contributed by atoms with van der Waals surface area (Å²) in [5, 5.41) is 7.20. The van der Waals surface area contributed by atoms with E-state index < -0.39 is 0 Å². The van der Waals surface area contributed by atoms with Gasteiger partial charge in [0.1, 0.15) is 0 Å². The zero-order chi connectivity index (χ0) is 11.3. The van der Waals surface area contributed by atoms with Gasteiger partial charge in [-0.15, -0.1) is 0 Å². The molecule has 3 heterocycles. The molecule has 0 fully saturated rings. The second-order valence-corrected chi connectivity index (χ2v) is 4.38.